The molecule has 0 bridgehead atoms. The molecule has 0 saturated carbocycles. The van der Waals surface area contributed by atoms with Gasteiger partial charge in [-0.15, -0.1) is 0 Å². The summed E-state index contributed by atoms with van der Waals surface area (Å²) in [6, 6.07) is 12.5. The van der Waals surface area contributed by atoms with Crippen molar-refractivity contribution in [3.63, 3.8) is 0 Å². The lowest BCUT2D eigenvalue weighted by Gasteiger charge is -2.07. The van der Waals surface area contributed by atoms with Gasteiger partial charge in [0.2, 0.25) is 11.8 Å². The van der Waals surface area contributed by atoms with Crippen LogP contribution < -0.4 is 10.6 Å². The van der Waals surface area contributed by atoms with E-state index < -0.39 is 0 Å². The van der Waals surface area contributed by atoms with Crippen LogP contribution in [0, 0.1) is 0 Å². The molecule has 0 aliphatic heterocycles. The molecule has 0 aliphatic carbocycles. The van der Waals surface area contributed by atoms with Gasteiger partial charge in [0.05, 0.1) is 10.7 Å². The largest absolute Gasteiger partial charge is 0.325 e. The molecule has 0 spiro atoms. The van der Waals surface area contributed by atoms with E-state index >= 15 is 0 Å². The zero-order valence-corrected chi connectivity index (χ0v) is 14.6. The van der Waals surface area contributed by atoms with Gasteiger partial charge in [-0.25, -0.2) is 0 Å². The fourth-order valence-electron chi connectivity index (χ4n) is 1.85. The molecule has 118 valence electrons. The van der Waals surface area contributed by atoms with Gasteiger partial charge in [-0.05, 0) is 42.0 Å². The summed E-state index contributed by atoms with van der Waals surface area (Å²) in [6.45, 7) is 1.40. The van der Waals surface area contributed by atoms with Gasteiger partial charge in [-0.2, -0.15) is 0 Å². The monoisotopic (exact) mass is 392 g/mol. The topological polar surface area (TPSA) is 58.2 Å². The Morgan fingerprint density at radius 2 is 1.91 bits per heavy atom. The molecule has 0 aliphatic rings. The Morgan fingerprint density at radius 3 is 2.57 bits per heavy atom. The number of nitrogens with one attached hydrogen (secondary N) is 2. The number of anilines is 2. The number of rotatable bonds is 4. The highest BCUT2D eigenvalue weighted by molar-refractivity contribution is 9.10. The summed E-state index contributed by atoms with van der Waals surface area (Å²) < 4.78 is 0.945. The van der Waals surface area contributed by atoms with Gasteiger partial charge in [0.25, 0.3) is 0 Å². The lowest BCUT2D eigenvalue weighted by molar-refractivity contribution is -0.114. The van der Waals surface area contributed by atoms with Gasteiger partial charge < -0.3 is 10.6 Å². The van der Waals surface area contributed by atoms with Crippen LogP contribution in [-0.4, -0.2) is 11.8 Å². The summed E-state index contributed by atoms with van der Waals surface area (Å²) in [5, 5.41) is 5.67. The molecule has 0 atom stereocenters. The Kier molecular flexibility index (Phi) is 5.96. The number of hydrogen-bond acceptors (Lipinski definition) is 2. The van der Waals surface area contributed by atoms with Crippen LogP contribution in [0.3, 0.4) is 0 Å². The van der Waals surface area contributed by atoms with Gasteiger partial charge in [-0.1, -0.05) is 39.7 Å². The van der Waals surface area contributed by atoms with Crippen molar-refractivity contribution < 1.29 is 9.59 Å². The molecule has 2 rings (SSSR count). The summed E-state index contributed by atoms with van der Waals surface area (Å²) in [5.41, 5.74) is 1.96. The molecule has 2 aromatic carbocycles. The van der Waals surface area contributed by atoms with E-state index in [2.05, 4.69) is 26.6 Å². The van der Waals surface area contributed by atoms with E-state index in [9.17, 15) is 9.59 Å². The van der Waals surface area contributed by atoms with Crippen molar-refractivity contribution in [2.24, 2.45) is 0 Å². The molecule has 4 nitrogen and oxygen atoms in total. The molecule has 2 N–H and O–H groups in total. The third-order valence-corrected chi connectivity index (χ3v) is 3.63. The molecule has 23 heavy (non-hydrogen) atoms. The van der Waals surface area contributed by atoms with Gasteiger partial charge in [0.1, 0.15) is 0 Å². The Balaban J connectivity index is 2.02. The van der Waals surface area contributed by atoms with E-state index in [1.54, 1.807) is 24.3 Å². The number of amides is 2. The minimum absolute atomic E-state index is 0.208. The maximum absolute atomic E-state index is 11.9. The first-order valence-corrected chi connectivity index (χ1v) is 7.93. The zero-order valence-electron chi connectivity index (χ0n) is 12.3. The maximum Gasteiger partial charge on any atom is 0.248 e. The fourth-order valence-corrected chi connectivity index (χ4v) is 2.49. The second-order valence-electron chi connectivity index (χ2n) is 4.75. The Morgan fingerprint density at radius 1 is 1.13 bits per heavy atom. The van der Waals surface area contributed by atoms with Crippen molar-refractivity contribution in [3.05, 3.63) is 63.6 Å². The van der Waals surface area contributed by atoms with Gasteiger partial charge in [-0.3, -0.25) is 9.59 Å². The quantitative estimate of drug-likeness (QED) is 0.739. The van der Waals surface area contributed by atoms with Crippen LogP contribution in [-0.2, 0) is 9.59 Å². The lowest BCUT2D eigenvalue weighted by Crippen LogP contribution is -2.09. The van der Waals surface area contributed by atoms with Crippen LogP contribution in [0.5, 0.6) is 0 Å². The van der Waals surface area contributed by atoms with E-state index in [1.165, 1.54) is 13.0 Å². The molecule has 2 aromatic rings. The minimum Gasteiger partial charge on any atom is -0.325 e. The summed E-state index contributed by atoms with van der Waals surface area (Å²) in [6.07, 6.45) is 3.16. The smallest absolute Gasteiger partial charge is 0.248 e. The number of carbonyl (C=O) groups is 2. The van der Waals surface area contributed by atoms with Gasteiger partial charge in [0.15, 0.2) is 0 Å². The predicted molar refractivity (Wildman–Crippen MR) is 97.6 cm³/mol. The molecule has 0 fully saturated rings. The van der Waals surface area contributed by atoms with Crippen LogP contribution in [0.2, 0.25) is 5.02 Å². The second kappa shape index (κ2) is 7.94. The minimum atomic E-state index is -0.270. The SMILES string of the molecule is CC(=O)Nc1ccc(NC(=O)/C=C/c2cccc(Br)c2)cc1Cl. The Labute approximate surface area is 147 Å². The van der Waals surface area contributed by atoms with E-state index in [4.69, 9.17) is 11.6 Å². The molecule has 6 heteroatoms. The van der Waals surface area contributed by atoms with Crippen molar-refractivity contribution >= 4 is 56.8 Å². The fraction of sp³-hybridized carbons (Fsp3) is 0.0588. The highest BCUT2D eigenvalue weighted by Gasteiger charge is 2.05. The Hall–Kier alpha value is -2.11. The van der Waals surface area contributed by atoms with E-state index in [0.29, 0.717) is 16.4 Å². The van der Waals surface area contributed by atoms with Crippen molar-refractivity contribution in [1.29, 1.82) is 0 Å². The second-order valence-corrected chi connectivity index (χ2v) is 6.08. The van der Waals surface area contributed by atoms with Crippen molar-refractivity contribution in [1.82, 2.24) is 0 Å². The number of carbonyl (C=O) groups excluding carboxylic acids is 2. The number of hydrogen-bond donors (Lipinski definition) is 2. The number of halogens is 2. The third kappa shape index (κ3) is 5.54. The number of benzene rings is 2. The lowest BCUT2D eigenvalue weighted by atomic mass is 10.2. The van der Waals surface area contributed by atoms with Crippen LogP contribution in [0.4, 0.5) is 11.4 Å². The average molecular weight is 394 g/mol. The normalized spacial score (nSPS) is 10.6. The van der Waals surface area contributed by atoms with Crippen LogP contribution in [0.1, 0.15) is 12.5 Å². The average Bonchev–Trinajstić information content (AvgIpc) is 2.48. The standard InChI is InChI=1S/C17H14BrClN2O2/c1-11(22)20-16-7-6-14(10-15(16)19)21-17(23)8-5-12-3-2-4-13(18)9-12/h2-10H,1H3,(H,20,22)(H,21,23)/b8-5+. The highest BCUT2D eigenvalue weighted by Crippen LogP contribution is 2.25. The van der Waals surface area contributed by atoms with Crippen molar-refractivity contribution in [3.8, 4) is 0 Å². The predicted octanol–water partition coefficient (Wildman–Crippen LogP) is 4.71. The van der Waals surface area contributed by atoms with Crippen LogP contribution in [0.25, 0.3) is 6.08 Å². The van der Waals surface area contributed by atoms with Gasteiger partial charge in [0, 0.05) is 23.2 Å². The highest BCUT2D eigenvalue weighted by atomic mass is 79.9. The maximum atomic E-state index is 11.9. The molecular weight excluding hydrogens is 380 g/mol. The first kappa shape index (κ1) is 17.2. The van der Waals surface area contributed by atoms with E-state index in [0.717, 1.165) is 10.0 Å². The van der Waals surface area contributed by atoms with Crippen molar-refractivity contribution in [2.45, 2.75) is 6.92 Å². The molecule has 0 heterocycles. The summed E-state index contributed by atoms with van der Waals surface area (Å²) in [5.74, 6) is -0.478. The first-order valence-electron chi connectivity index (χ1n) is 6.76. The summed E-state index contributed by atoms with van der Waals surface area (Å²) in [7, 11) is 0. The third-order valence-electron chi connectivity index (χ3n) is 2.82. The first-order chi connectivity index (χ1) is 10.9. The van der Waals surface area contributed by atoms with Crippen molar-refractivity contribution in [2.75, 3.05) is 10.6 Å². The molecular formula is C17H14BrClN2O2. The Bertz CT molecular complexity index is 775. The van der Waals surface area contributed by atoms with E-state index in [1.807, 2.05) is 24.3 Å². The molecule has 0 aromatic heterocycles. The zero-order chi connectivity index (χ0) is 16.8. The summed E-state index contributed by atoms with van der Waals surface area (Å²) in [4.78, 5) is 22.9. The molecule has 2 amide bonds. The van der Waals surface area contributed by atoms with Crippen LogP contribution >= 0.6 is 27.5 Å². The summed E-state index contributed by atoms with van der Waals surface area (Å²) >= 11 is 9.43. The molecule has 0 unspecified atom stereocenters. The molecule has 0 saturated heterocycles. The van der Waals surface area contributed by atoms with Crippen LogP contribution in [0.15, 0.2) is 53.0 Å². The molecule has 0 radical (unpaired) electrons. The van der Waals surface area contributed by atoms with E-state index in [-0.39, 0.29) is 11.8 Å². The van der Waals surface area contributed by atoms with Gasteiger partial charge >= 0.3 is 0 Å².